The van der Waals surface area contributed by atoms with Crippen molar-refractivity contribution in [3.63, 3.8) is 0 Å². The van der Waals surface area contributed by atoms with E-state index in [0.29, 0.717) is 12.0 Å². The van der Waals surface area contributed by atoms with Crippen LogP contribution in [0.15, 0.2) is 103 Å². The predicted molar refractivity (Wildman–Crippen MR) is 146 cm³/mol. The maximum Gasteiger partial charge on any atom is 0.0450 e. The minimum atomic E-state index is 0.596. The second-order valence-corrected chi connectivity index (χ2v) is 9.69. The lowest BCUT2D eigenvalue weighted by Crippen LogP contribution is -2.26. The molecular formula is C33H27N. The fourth-order valence-corrected chi connectivity index (χ4v) is 6.31. The standard InChI is InChI=1S/C33H27N/c1-2-11-26(12-3-1)34-32-16-8-15-30(32)31-21-23(18-20-33(31)34)17-19-29-27-13-6-4-9-24(27)22-25-10-5-7-14-28(25)29/h1-7,9-14,17-22,30,32H,8,15-16H2/b19-17-. The molecule has 0 aromatic heterocycles. The molecule has 1 aliphatic heterocycles. The SMILES string of the molecule is C(=C/c1c2ccccc2cc2ccccc12)/c1ccc2c(c1)C1CCCC1N2c1ccccc1. The van der Waals surface area contributed by atoms with Crippen molar-refractivity contribution in [2.24, 2.45) is 0 Å². The zero-order chi connectivity index (χ0) is 22.5. The van der Waals surface area contributed by atoms with Gasteiger partial charge >= 0.3 is 0 Å². The van der Waals surface area contributed by atoms with Crippen LogP contribution in [0.25, 0.3) is 33.7 Å². The topological polar surface area (TPSA) is 3.24 Å². The second-order valence-electron chi connectivity index (χ2n) is 9.69. The summed E-state index contributed by atoms with van der Waals surface area (Å²) in [5, 5.41) is 5.21. The van der Waals surface area contributed by atoms with Crippen LogP contribution in [-0.4, -0.2) is 6.04 Å². The summed E-state index contributed by atoms with van der Waals surface area (Å²) in [5.74, 6) is 0.641. The van der Waals surface area contributed by atoms with E-state index in [1.54, 1.807) is 0 Å². The van der Waals surface area contributed by atoms with Gasteiger partial charge in [0.1, 0.15) is 0 Å². The average molecular weight is 438 g/mol. The first-order valence-corrected chi connectivity index (χ1v) is 12.4. The van der Waals surface area contributed by atoms with E-state index in [1.165, 1.54) is 68.9 Å². The number of hydrogen-bond donors (Lipinski definition) is 0. The van der Waals surface area contributed by atoms with Gasteiger partial charge in [0, 0.05) is 23.3 Å². The molecule has 5 aromatic carbocycles. The summed E-state index contributed by atoms with van der Waals surface area (Å²) in [5.41, 5.74) is 6.84. The van der Waals surface area contributed by atoms with Crippen molar-refractivity contribution < 1.29 is 0 Å². The van der Waals surface area contributed by atoms with Gasteiger partial charge in [-0.25, -0.2) is 0 Å². The van der Waals surface area contributed by atoms with Gasteiger partial charge in [-0.3, -0.25) is 0 Å². The van der Waals surface area contributed by atoms with Crippen molar-refractivity contribution in [1.82, 2.24) is 0 Å². The van der Waals surface area contributed by atoms with E-state index in [2.05, 4.69) is 120 Å². The van der Waals surface area contributed by atoms with Gasteiger partial charge < -0.3 is 4.90 Å². The smallest absolute Gasteiger partial charge is 0.0450 e. The summed E-state index contributed by atoms with van der Waals surface area (Å²) in [6, 6.07) is 38.4. The number of benzene rings is 5. The Labute approximate surface area is 201 Å². The highest BCUT2D eigenvalue weighted by Crippen LogP contribution is 2.52. The number of para-hydroxylation sites is 1. The summed E-state index contributed by atoms with van der Waals surface area (Å²) in [7, 11) is 0. The van der Waals surface area contributed by atoms with Crippen molar-refractivity contribution in [1.29, 1.82) is 0 Å². The predicted octanol–water partition coefficient (Wildman–Crippen LogP) is 8.95. The van der Waals surface area contributed by atoms with E-state index < -0.39 is 0 Å². The molecule has 0 saturated heterocycles. The van der Waals surface area contributed by atoms with Crippen LogP contribution < -0.4 is 4.90 Å². The molecule has 0 spiro atoms. The number of rotatable bonds is 3. The van der Waals surface area contributed by atoms with Gasteiger partial charge in [0.05, 0.1) is 0 Å². The first-order chi connectivity index (χ1) is 16.9. The minimum absolute atomic E-state index is 0.596. The van der Waals surface area contributed by atoms with Gasteiger partial charge in [0.25, 0.3) is 0 Å². The van der Waals surface area contributed by atoms with Gasteiger partial charge in [-0.05, 0) is 81.4 Å². The highest BCUT2D eigenvalue weighted by Gasteiger charge is 2.41. The van der Waals surface area contributed by atoms with Crippen molar-refractivity contribution >= 4 is 45.1 Å². The normalized spacial score (nSPS) is 19.2. The molecule has 34 heavy (non-hydrogen) atoms. The summed E-state index contributed by atoms with van der Waals surface area (Å²) >= 11 is 0. The quantitative estimate of drug-likeness (QED) is 0.201. The lowest BCUT2D eigenvalue weighted by Gasteiger charge is -2.27. The Balaban J connectivity index is 1.32. The molecule has 1 fully saturated rings. The van der Waals surface area contributed by atoms with Crippen molar-refractivity contribution in [2.75, 3.05) is 4.90 Å². The van der Waals surface area contributed by atoms with E-state index in [0.717, 1.165) is 0 Å². The highest BCUT2D eigenvalue weighted by atomic mass is 15.2. The third-order valence-electron chi connectivity index (χ3n) is 7.81. The molecule has 0 amide bonds. The number of anilines is 2. The first kappa shape index (κ1) is 19.6. The van der Waals surface area contributed by atoms with Crippen LogP contribution in [0.3, 0.4) is 0 Å². The van der Waals surface area contributed by atoms with E-state index in [-0.39, 0.29) is 0 Å². The molecule has 1 saturated carbocycles. The average Bonchev–Trinajstić information content (AvgIpc) is 3.48. The summed E-state index contributed by atoms with van der Waals surface area (Å²) in [4.78, 5) is 2.60. The Bertz CT molecular complexity index is 1490. The summed E-state index contributed by atoms with van der Waals surface area (Å²) in [6.07, 6.45) is 8.52. The van der Waals surface area contributed by atoms with Gasteiger partial charge in [-0.15, -0.1) is 0 Å². The highest BCUT2D eigenvalue weighted by molar-refractivity contribution is 6.07. The molecule has 0 radical (unpaired) electrons. The Morgan fingerprint density at radius 2 is 1.35 bits per heavy atom. The van der Waals surface area contributed by atoms with Crippen molar-refractivity contribution in [3.8, 4) is 0 Å². The lowest BCUT2D eigenvalue weighted by molar-refractivity contribution is 0.642. The molecule has 2 aliphatic rings. The molecule has 2 atom stereocenters. The van der Waals surface area contributed by atoms with Crippen LogP contribution in [0.2, 0.25) is 0 Å². The monoisotopic (exact) mass is 437 g/mol. The van der Waals surface area contributed by atoms with E-state index in [1.807, 2.05) is 0 Å². The Kier molecular flexibility index (Phi) is 4.55. The van der Waals surface area contributed by atoms with Gasteiger partial charge in [0.15, 0.2) is 0 Å². The largest absolute Gasteiger partial charge is 0.338 e. The molecule has 7 rings (SSSR count). The van der Waals surface area contributed by atoms with Crippen molar-refractivity contribution in [2.45, 2.75) is 31.2 Å². The zero-order valence-corrected chi connectivity index (χ0v) is 19.2. The van der Waals surface area contributed by atoms with Crippen LogP contribution in [0.5, 0.6) is 0 Å². The van der Waals surface area contributed by atoms with E-state index in [9.17, 15) is 0 Å². The molecular weight excluding hydrogens is 410 g/mol. The van der Waals surface area contributed by atoms with Crippen LogP contribution in [-0.2, 0) is 0 Å². The van der Waals surface area contributed by atoms with Crippen LogP contribution in [0.4, 0.5) is 11.4 Å². The minimum Gasteiger partial charge on any atom is -0.338 e. The summed E-state index contributed by atoms with van der Waals surface area (Å²) in [6.45, 7) is 0. The van der Waals surface area contributed by atoms with E-state index >= 15 is 0 Å². The molecule has 164 valence electrons. The molecule has 1 aliphatic carbocycles. The maximum absolute atomic E-state index is 2.60. The third kappa shape index (κ3) is 3.08. The number of nitrogens with zero attached hydrogens (tertiary/aromatic N) is 1. The Morgan fingerprint density at radius 1 is 0.647 bits per heavy atom. The number of hydrogen-bond acceptors (Lipinski definition) is 1. The molecule has 2 unspecified atom stereocenters. The van der Waals surface area contributed by atoms with Crippen LogP contribution in [0, 0.1) is 0 Å². The van der Waals surface area contributed by atoms with Crippen molar-refractivity contribution in [3.05, 3.63) is 120 Å². The van der Waals surface area contributed by atoms with Crippen LogP contribution >= 0.6 is 0 Å². The number of fused-ring (bicyclic) bond motifs is 5. The van der Waals surface area contributed by atoms with Gasteiger partial charge in [0.2, 0.25) is 0 Å². The summed E-state index contributed by atoms with van der Waals surface area (Å²) < 4.78 is 0. The Hall–Kier alpha value is -3.84. The second kappa shape index (κ2) is 7.88. The maximum atomic E-state index is 2.60. The molecule has 1 heteroatoms. The van der Waals surface area contributed by atoms with Crippen LogP contribution in [0.1, 0.15) is 41.9 Å². The molecule has 5 aromatic rings. The molecule has 1 heterocycles. The fraction of sp³-hybridized carbons (Fsp3) is 0.152. The van der Waals surface area contributed by atoms with E-state index in [4.69, 9.17) is 0 Å². The third-order valence-corrected chi connectivity index (χ3v) is 7.81. The first-order valence-electron chi connectivity index (χ1n) is 12.4. The molecule has 0 bridgehead atoms. The fourth-order valence-electron chi connectivity index (χ4n) is 6.31. The molecule has 0 N–H and O–H groups in total. The lowest BCUT2D eigenvalue weighted by atomic mass is 9.94. The van der Waals surface area contributed by atoms with Gasteiger partial charge in [-0.2, -0.15) is 0 Å². The zero-order valence-electron chi connectivity index (χ0n) is 19.2. The molecule has 1 nitrogen and oxygen atoms in total. The Morgan fingerprint density at radius 3 is 2.12 bits per heavy atom. The van der Waals surface area contributed by atoms with Gasteiger partial charge in [-0.1, -0.05) is 91.4 Å².